The quantitative estimate of drug-likeness (QED) is 0.504. The van der Waals surface area contributed by atoms with E-state index in [1.54, 1.807) is 12.1 Å². The van der Waals surface area contributed by atoms with E-state index in [0.29, 0.717) is 12.3 Å². The van der Waals surface area contributed by atoms with Gasteiger partial charge in [-0.25, -0.2) is 4.79 Å². The molecular weight excluding hydrogens is 374 g/mol. The first-order valence-corrected chi connectivity index (χ1v) is 10.1. The molecule has 3 aromatic carbocycles. The fourth-order valence-corrected chi connectivity index (χ4v) is 3.31. The molecule has 0 aliphatic heterocycles. The number of rotatable bonds is 5. The second kappa shape index (κ2) is 9.04. The summed E-state index contributed by atoms with van der Waals surface area (Å²) in [5.41, 5.74) is 6.24. The number of amides is 1. The molecule has 0 radical (unpaired) electrons. The molecule has 0 saturated carbocycles. The zero-order valence-electron chi connectivity index (χ0n) is 18.3. The van der Waals surface area contributed by atoms with Crippen molar-refractivity contribution in [3.63, 3.8) is 0 Å². The Morgan fingerprint density at radius 1 is 0.900 bits per heavy atom. The van der Waals surface area contributed by atoms with Crippen molar-refractivity contribution in [2.75, 3.05) is 5.32 Å². The average Bonchev–Trinajstić information content (AvgIpc) is 2.66. The minimum atomic E-state index is -0.529. The van der Waals surface area contributed by atoms with Gasteiger partial charge in [0, 0.05) is 5.69 Å². The number of carbonyl (C=O) groups excluding carboxylic acids is 1. The predicted octanol–water partition coefficient (Wildman–Crippen LogP) is 6.90. The minimum absolute atomic E-state index is 0.470. The van der Waals surface area contributed by atoms with Crippen molar-refractivity contribution in [2.45, 2.75) is 46.8 Å². The van der Waals surface area contributed by atoms with Crippen LogP contribution in [0.4, 0.5) is 10.5 Å². The zero-order chi connectivity index (χ0) is 21.7. The molecule has 0 atom stereocenters. The van der Waals surface area contributed by atoms with Crippen molar-refractivity contribution in [3.8, 4) is 16.9 Å². The van der Waals surface area contributed by atoms with Crippen LogP contribution < -0.4 is 10.1 Å². The summed E-state index contributed by atoms with van der Waals surface area (Å²) in [7, 11) is 0. The number of carbonyl (C=O) groups is 1. The van der Waals surface area contributed by atoms with E-state index in [4.69, 9.17) is 9.47 Å². The summed E-state index contributed by atoms with van der Waals surface area (Å²) in [5, 5.41) is 2.72. The summed E-state index contributed by atoms with van der Waals surface area (Å²) < 4.78 is 11.2. The van der Waals surface area contributed by atoms with Gasteiger partial charge in [0.25, 0.3) is 0 Å². The highest BCUT2D eigenvalue weighted by Gasteiger charge is 2.16. The molecule has 3 rings (SSSR count). The Hall–Kier alpha value is -3.27. The number of nitrogens with one attached hydrogen (secondary N) is 1. The Bertz CT molecular complexity index is 997. The lowest BCUT2D eigenvalue weighted by Crippen LogP contribution is -2.27. The van der Waals surface area contributed by atoms with Crippen LogP contribution in [-0.2, 0) is 11.3 Å². The molecule has 1 N–H and O–H groups in total. The highest BCUT2D eigenvalue weighted by molar-refractivity contribution is 5.84. The summed E-state index contributed by atoms with van der Waals surface area (Å²) in [6.45, 7) is 10.2. The first-order valence-electron chi connectivity index (χ1n) is 10.1. The molecule has 30 heavy (non-hydrogen) atoms. The van der Waals surface area contributed by atoms with Crippen LogP contribution in [-0.4, -0.2) is 11.7 Å². The zero-order valence-corrected chi connectivity index (χ0v) is 18.3. The molecule has 0 aromatic heterocycles. The maximum absolute atomic E-state index is 11.9. The van der Waals surface area contributed by atoms with Crippen LogP contribution in [0.25, 0.3) is 11.1 Å². The molecule has 0 fully saturated rings. The standard InChI is InChI=1S/C26H29NO3/c1-18-8-6-9-19(2)24(18)21-11-7-10-20(16-21)17-29-23-14-12-22(13-15-23)27-25(28)30-26(3,4)5/h6-16H,17H2,1-5H3,(H,27,28). The van der Waals surface area contributed by atoms with Crippen molar-refractivity contribution in [1.29, 1.82) is 0 Å². The molecule has 0 aliphatic carbocycles. The topological polar surface area (TPSA) is 47.6 Å². The lowest BCUT2D eigenvalue weighted by atomic mass is 9.95. The Labute approximate surface area is 178 Å². The van der Waals surface area contributed by atoms with Crippen LogP contribution >= 0.6 is 0 Å². The van der Waals surface area contributed by atoms with Crippen LogP contribution in [0, 0.1) is 13.8 Å². The lowest BCUT2D eigenvalue weighted by Gasteiger charge is -2.19. The number of ether oxygens (including phenoxy) is 2. The van der Waals surface area contributed by atoms with E-state index in [-0.39, 0.29) is 0 Å². The van der Waals surface area contributed by atoms with Crippen LogP contribution in [0.15, 0.2) is 66.7 Å². The van der Waals surface area contributed by atoms with Crippen molar-refractivity contribution in [3.05, 3.63) is 83.4 Å². The Morgan fingerprint density at radius 3 is 2.17 bits per heavy atom. The van der Waals surface area contributed by atoms with Gasteiger partial charge < -0.3 is 9.47 Å². The molecule has 4 nitrogen and oxygen atoms in total. The number of hydrogen-bond donors (Lipinski definition) is 1. The van der Waals surface area contributed by atoms with E-state index < -0.39 is 11.7 Å². The van der Waals surface area contributed by atoms with E-state index in [0.717, 1.165) is 11.3 Å². The normalized spacial score (nSPS) is 11.1. The van der Waals surface area contributed by atoms with Crippen LogP contribution in [0.3, 0.4) is 0 Å². The van der Waals surface area contributed by atoms with Gasteiger partial charge in [0.15, 0.2) is 0 Å². The predicted molar refractivity (Wildman–Crippen MR) is 122 cm³/mol. The molecule has 0 aliphatic rings. The van der Waals surface area contributed by atoms with E-state index in [2.05, 4.69) is 61.6 Å². The highest BCUT2D eigenvalue weighted by Crippen LogP contribution is 2.28. The van der Waals surface area contributed by atoms with Crippen LogP contribution in [0.1, 0.15) is 37.5 Å². The highest BCUT2D eigenvalue weighted by atomic mass is 16.6. The molecular formula is C26H29NO3. The molecule has 3 aromatic rings. The van der Waals surface area contributed by atoms with Crippen molar-refractivity contribution in [2.24, 2.45) is 0 Å². The first-order chi connectivity index (χ1) is 14.2. The SMILES string of the molecule is Cc1cccc(C)c1-c1cccc(COc2ccc(NC(=O)OC(C)(C)C)cc2)c1. The van der Waals surface area contributed by atoms with Crippen molar-refractivity contribution >= 4 is 11.8 Å². The van der Waals surface area contributed by atoms with Gasteiger partial charge in [-0.1, -0.05) is 36.4 Å². The molecule has 0 saturated heterocycles. The Balaban J connectivity index is 1.63. The van der Waals surface area contributed by atoms with Gasteiger partial charge in [-0.2, -0.15) is 0 Å². The lowest BCUT2D eigenvalue weighted by molar-refractivity contribution is 0.0636. The molecule has 0 heterocycles. The van der Waals surface area contributed by atoms with E-state index in [1.165, 1.54) is 22.3 Å². The van der Waals surface area contributed by atoms with E-state index in [9.17, 15) is 4.79 Å². The van der Waals surface area contributed by atoms with Crippen molar-refractivity contribution in [1.82, 2.24) is 0 Å². The maximum Gasteiger partial charge on any atom is 0.412 e. The second-order valence-electron chi connectivity index (χ2n) is 8.41. The van der Waals surface area contributed by atoms with Gasteiger partial charge in [-0.05, 0) is 92.8 Å². The fourth-order valence-electron chi connectivity index (χ4n) is 3.31. The van der Waals surface area contributed by atoms with Crippen LogP contribution in [0.5, 0.6) is 5.75 Å². The largest absolute Gasteiger partial charge is 0.489 e. The molecule has 0 unspecified atom stereocenters. The second-order valence-corrected chi connectivity index (χ2v) is 8.41. The monoisotopic (exact) mass is 403 g/mol. The van der Waals surface area contributed by atoms with E-state index >= 15 is 0 Å². The molecule has 0 spiro atoms. The first kappa shape index (κ1) is 21.4. The third-order valence-electron chi connectivity index (χ3n) is 4.60. The molecule has 4 heteroatoms. The number of hydrogen-bond acceptors (Lipinski definition) is 3. The summed E-state index contributed by atoms with van der Waals surface area (Å²) in [6, 6.07) is 22.1. The van der Waals surface area contributed by atoms with Gasteiger partial charge in [-0.3, -0.25) is 5.32 Å². The third-order valence-corrected chi connectivity index (χ3v) is 4.60. The van der Waals surface area contributed by atoms with Gasteiger partial charge in [0.2, 0.25) is 0 Å². The summed E-state index contributed by atoms with van der Waals surface area (Å²) in [4.78, 5) is 11.9. The molecule has 156 valence electrons. The smallest absolute Gasteiger partial charge is 0.412 e. The van der Waals surface area contributed by atoms with Crippen molar-refractivity contribution < 1.29 is 14.3 Å². The summed E-state index contributed by atoms with van der Waals surface area (Å²) in [6.07, 6.45) is -0.473. The average molecular weight is 404 g/mol. The summed E-state index contributed by atoms with van der Waals surface area (Å²) in [5.74, 6) is 0.738. The number of benzene rings is 3. The van der Waals surface area contributed by atoms with Crippen LogP contribution in [0.2, 0.25) is 0 Å². The number of anilines is 1. The van der Waals surface area contributed by atoms with Gasteiger partial charge in [0.05, 0.1) is 0 Å². The van der Waals surface area contributed by atoms with Gasteiger partial charge >= 0.3 is 6.09 Å². The van der Waals surface area contributed by atoms with E-state index in [1.807, 2.05) is 32.9 Å². The third kappa shape index (κ3) is 5.86. The maximum atomic E-state index is 11.9. The Morgan fingerprint density at radius 2 is 1.53 bits per heavy atom. The van der Waals surface area contributed by atoms with Gasteiger partial charge in [-0.15, -0.1) is 0 Å². The fraction of sp³-hybridized carbons (Fsp3) is 0.269. The minimum Gasteiger partial charge on any atom is -0.489 e. The molecule has 1 amide bonds. The van der Waals surface area contributed by atoms with Gasteiger partial charge in [0.1, 0.15) is 18.0 Å². The molecule has 0 bridgehead atoms. The number of aryl methyl sites for hydroxylation is 2. The summed E-state index contributed by atoms with van der Waals surface area (Å²) >= 11 is 0. The Kier molecular flexibility index (Phi) is 6.46.